The summed E-state index contributed by atoms with van der Waals surface area (Å²) in [7, 11) is 0. The van der Waals surface area contributed by atoms with Crippen molar-refractivity contribution < 1.29 is 9.53 Å². The van der Waals surface area contributed by atoms with Gasteiger partial charge in [-0.2, -0.15) is 0 Å². The number of nitrogen functional groups attached to an aromatic ring is 1. The summed E-state index contributed by atoms with van der Waals surface area (Å²) >= 11 is 0. The number of ether oxygens (including phenoxy) is 1. The van der Waals surface area contributed by atoms with Crippen LogP contribution in [0.3, 0.4) is 0 Å². The largest absolute Gasteiger partial charge is 0.382 e. The van der Waals surface area contributed by atoms with E-state index in [1.54, 1.807) is 6.20 Å². The molecule has 8 nitrogen and oxygen atoms in total. The van der Waals surface area contributed by atoms with Crippen LogP contribution in [-0.2, 0) is 11.3 Å². The Labute approximate surface area is 133 Å². The first-order valence-corrected chi connectivity index (χ1v) is 7.37. The van der Waals surface area contributed by atoms with E-state index in [4.69, 9.17) is 10.5 Å². The first kappa shape index (κ1) is 15.2. The highest BCUT2D eigenvalue weighted by molar-refractivity contribution is 5.96. The summed E-state index contributed by atoms with van der Waals surface area (Å²) in [6.45, 7) is 3.27. The second-order valence-corrected chi connectivity index (χ2v) is 5.06. The summed E-state index contributed by atoms with van der Waals surface area (Å²) in [5.41, 5.74) is 6.73. The number of hydrogen-bond donors (Lipinski definition) is 2. The first-order chi connectivity index (χ1) is 11.3. The van der Waals surface area contributed by atoms with Gasteiger partial charge in [0, 0.05) is 43.8 Å². The van der Waals surface area contributed by atoms with Gasteiger partial charge in [0.2, 0.25) is 0 Å². The normalized spacial score (nSPS) is 14.5. The van der Waals surface area contributed by atoms with Crippen molar-refractivity contribution in [2.75, 3.05) is 36.9 Å². The van der Waals surface area contributed by atoms with E-state index >= 15 is 0 Å². The summed E-state index contributed by atoms with van der Waals surface area (Å²) < 4.78 is 5.36. The molecule has 2 aromatic rings. The van der Waals surface area contributed by atoms with Crippen LogP contribution in [0, 0.1) is 0 Å². The molecule has 3 heterocycles. The molecule has 0 unspecified atom stereocenters. The van der Waals surface area contributed by atoms with Crippen molar-refractivity contribution in [1.29, 1.82) is 0 Å². The summed E-state index contributed by atoms with van der Waals surface area (Å²) in [5.74, 6) is 0.625. The molecule has 1 saturated heterocycles. The Balaban J connectivity index is 1.71. The minimum atomic E-state index is -0.354. The fraction of sp³-hybridized carbons (Fsp3) is 0.333. The number of carbonyl (C=O) groups excluding carboxylic acids is 1. The van der Waals surface area contributed by atoms with Crippen LogP contribution >= 0.6 is 0 Å². The number of nitrogens with one attached hydrogen (secondary N) is 1. The molecular weight excluding hydrogens is 296 g/mol. The molecule has 8 heteroatoms. The maximum atomic E-state index is 12.2. The molecule has 23 heavy (non-hydrogen) atoms. The summed E-state index contributed by atoms with van der Waals surface area (Å²) in [6, 6.07) is 3.79. The molecule has 3 N–H and O–H groups in total. The van der Waals surface area contributed by atoms with E-state index in [9.17, 15) is 4.79 Å². The molecule has 0 spiro atoms. The quantitative estimate of drug-likeness (QED) is 0.831. The Morgan fingerprint density at radius 3 is 2.78 bits per heavy atom. The zero-order valence-electron chi connectivity index (χ0n) is 12.6. The van der Waals surface area contributed by atoms with Crippen LogP contribution in [0.2, 0.25) is 0 Å². The summed E-state index contributed by atoms with van der Waals surface area (Å²) in [4.78, 5) is 26.6. The zero-order valence-corrected chi connectivity index (χ0v) is 12.6. The van der Waals surface area contributed by atoms with Gasteiger partial charge in [0.05, 0.1) is 13.2 Å². The smallest absolute Gasteiger partial charge is 0.273 e. The first-order valence-electron chi connectivity index (χ1n) is 7.37. The van der Waals surface area contributed by atoms with Gasteiger partial charge in [-0.1, -0.05) is 6.07 Å². The summed E-state index contributed by atoms with van der Waals surface area (Å²) in [5, 5.41) is 2.82. The number of anilines is 2. The Morgan fingerprint density at radius 2 is 2.00 bits per heavy atom. The van der Waals surface area contributed by atoms with Crippen LogP contribution in [0.4, 0.5) is 11.6 Å². The molecule has 0 aliphatic carbocycles. The number of nitrogens with zero attached hydrogens (tertiary/aromatic N) is 4. The lowest BCUT2D eigenvalue weighted by molar-refractivity contribution is 0.0946. The Kier molecular flexibility index (Phi) is 4.62. The van der Waals surface area contributed by atoms with E-state index in [2.05, 4.69) is 25.2 Å². The van der Waals surface area contributed by atoms with Crippen molar-refractivity contribution in [2.45, 2.75) is 6.54 Å². The maximum absolute atomic E-state index is 12.2. The highest BCUT2D eigenvalue weighted by Gasteiger charge is 2.17. The van der Waals surface area contributed by atoms with Gasteiger partial charge in [0.1, 0.15) is 5.82 Å². The lowest BCUT2D eigenvalue weighted by Crippen LogP contribution is -2.38. The van der Waals surface area contributed by atoms with E-state index in [1.807, 2.05) is 12.1 Å². The van der Waals surface area contributed by atoms with Crippen LogP contribution in [-0.4, -0.2) is 47.2 Å². The molecule has 0 bridgehead atoms. The number of hydrogen-bond acceptors (Lipinski definition) is 7. The molecule has 1 fully saturated rings. The Morgan fingerprint density at radius 1 is 1.22 bits per heavy atom. The van der Waals surface area contributed by atoms with Crippen LogP contribution < -0.4 is 16.0 Å². The fourth-order valence-corrected chi connectivity index (χ4v) is 2.41. The van der Waals surface area contributed by atoms with Gasteiger partial charge in [-0.25, -0.2) is 15.0 Å². The SMILES string of the molecule is Nc1nccnc1C(=O)NCc1cccnc1N1CCOCC1. The van der Waals surface area contributed by atoms with E-state index in [-0.39, 0.29) is 17.4 Å². The number of nitrogens with two attached hydrogens (primary N) is 1. The minimum absolute atomic E-state index is 0.115. The second kappa shape index (κ2) is 7.01. The average molecular weight is 314 g/mol. The lowest BCUT2D eigenvalue weighted by atomic mass is 10.2. The van der Waals surface area contributed by atoms with Crippen molar-refractivity contribution in [1.82, 2.24) is 20.3 Å². The topological polar surface area (TPSA) is 106 Å². The third-order valence-corrected chi connectivity index (χ3v) is 3.56. The number of pyridine rings is 1. The van der Waals surface area contributed by atoms with Gasteiger partial charge < -0.3 is 20.7 Å². The molecule has 1 aliphatic rings. The van der Waals surface area contributed by atoms with Gasteiger partial charge in [0.15, 0.2) is 11.5 Å². The van der Waals surface area contributed by atoms with Gasteiger partial charge in [0.25, 0.3) is 5.91 Å². The summed E-state index contributed by atoms with van der Waals surface area (Å²) in [6.07, 6.45) is 4.63. The molecule has 0 saturated carbocycles. The van der Waals surface area contributed by atoms with E-state index in [0.717, 1.165) is 24.5 Å². The number of rotatable bonds is 4. The van der Waals surface area contributed by atoms with Gasteiger partial charge >= 0.3 is 0 Å². The highest BCUT2D eigenvalue weighted by Crippen LogP contribution is 2.18. The molecule has 1 aliphatic heterocycles. The number of aromatic nitrogens is 3. The second-order valence-electron chi connectivity index (χ2n) is 5.06. The molecule has 1 amide bonds. The van der Waals surface area contributed by atoms with Gasteiger partial charge in [-0.05, 0) is 6.07 Å². The molecule has 0 radical (unpaired) electrons. The maximum Gasteiger partial charge on any atom is 0.273 e. The molecular formula is C15H18N6O2. The van der Waals surface area contributed by atoms with Crippen molar-refractivity contribution in [3.8, 4) is 0 Å². The van der Waals surface area contributed by atoms with Crippen molar-refractivity contribution in [2.24, 2.45) is 0 Å². The van der Waals surface area contributed by atoms with E-state index in [1.165, 1.54) is 12.4 Å². The number of morpholine rings is 1. The van der Waals surface area contributed by atoms with E-state index in [0.29, 0.717) is 19.8 Å². The Hall–Kier alpha value is -2.74. The third kappa shape index (κ3) is 3.54. The van der Waals surface area contributed by atoms with Crippen molar-refractivity contribution in [3.63, 3.8) is 0 Å². The van der Waals surface area contributed by atoms with Gasteiger partial charge in [-0.15, -0.1) is 0 Å². The molecule has 3 rings (SSSR count). The van der Waals surface area contributed by atoms with Crippen LogP contribution in [0.5, 0.6) is 0 Å². The Bertz CT molecular complexity index is 687. The third-order valence-electron chi connectivity index (χ3n) is 3.56. The van der Waals surface area contributed by atoms with Crippen molar-refractivity contribution >= 4 is 17.5 Å². The van der Waals surface area contributed by atoms with Crippen molar-refractivity contribution in [3.05, 3.63) is 42.0 Å². The number of amides is 1. The fourth-order valence-electron chi connectivity index (χ4n) is 2.41. The van der Waals surface area contributed by atoms with Crippen LogP contribution in [0.1, 0.15) is 16.1 Å². The minimum Gasteiger partial charge on any atom is -0.382 e. The lowest BCUT2D eigenvalue weighted by Gasteiger charge is -2.29. The predicted molar refractivity (Wildman–Crippen MR) is 84.9 cm³/mol. The van der Waals surface area contributed by atoms with E-state index < -0.39 is 0 Å². The van der Waals surface area contributed by atoms with Gasteiger partial charge in [-0.3, -0.25) is 4.79 Å². The average Bonchev–Trinajstić information content (AvgIpc) is 2.61. The number of carbonyl (C=O) groups is 1. The molecule has 0 aromatic carbocycles. The standard InChI is InChI=1S/C15H18N6O2/c16-13-12(17-4-5-18-13)15(22)20-10-11-2-1-3-19-14(11)21-6-8-23-9-7-21/h1-5H,6-10H2,(H2,16,18)(H,20,22). The molecule has 120 valence electrons. The predicted octanol–water partition coefficient (Wildman–Crippen LogP) is 0.220. The van der Waals surface area contributed by atoms with Crippen LogP contribution in [0.25, 0.3) is 0 Å². The highest BCUT2D eigenvalue weighted by atomic mass is 16.5. The monoisotopic (exact) mass is 314 g/mol. The molecule has 2 aromatic heterocycles. The molecule has 0 atom stereocenters. The van der Waals surface area contributed by atoms with Crippen LogP contribution in [0.15, 0.2) is 30.7 Å². The zero-order chi connectivity index (χ0) is 16.1.